The number of carbonyl (C=O) groups is 1. The molecule has 1 aliphatic rings. The minimum absolute atomic E-state index is 0.515. The Hall–Kier alpha value is -0.870. The van der Waals surface area contributed by atoms with Crippen molar-refractivity contribution in [2.45, 2.75) is 32.6 Å². The van der Waals surface area contributed by atoms with E-state index in [9.17, 15) is 9.90 Å². The van der Waals surface area contributed by atoms with E-state index in [1.165, 1.54) is 12.0 Å². The number of halogens is 1. The molecule has 1 aromatic carbocycles. The van der Waals surface area contributed by atoms with Gasteiger partial charge in [0.1, 0.15) is 0 Å². The van der Waals surface area contributed by atoms with Crippen LogP contribution in [0.1, 0.15) is 38.2 Å². The standard InChI is InChI=1S/C16H22BrNO2/c1-16(2,15(19)20)11-18-9-3-4-13(10-18)12-5-7-14(17)8-6-12/h5-8,13H,3-4,9-11H2,1-2H3,(H,19,20). The summed E-state index contributed by atoms with van der Waals surface area (Å²) in [6, 6.07) is 8.49. The minimum atomic E-state index is -0.719. The van der Waals surface area contributed by atoms with Crippen LogP contribution in [0.3, 0.4) is 0 Å². The predicted octanol–water partition coefficient (Wildman–Crippen LogP) is 3.74. The highest BCUT2D eigenvalue weighted by Gasteiger charge is 2.32. The number of benzene rings is 1. The van der Waals surface area contributed by atoms with E-state index in [4.69, 9.17) is 0 Å². The normalized spacial score (nSPS) is 20.9. The third-order valence-corrected chi connectivity index (χ3v) is 4.57. The van der Waals surface area contributed by atoms with E-state index < -0.39 is 11.4 Å². The number of hydrogen-bond donors (Lipinski definition) is 1. The van der Waals surface area contributed by atoms with Crippen LogP contribution >= 0.6 is 15.9 Å². The molecule has 0 bridgehead atoms. The zero-order valence-electron chi connectivity index (χ0n) is 12.1. The maximum Gasteiger partial charge on any atom is 0.310 e. The average molecular weight is 340 g/mol. The summed E-state index contributed by atoms with van der Waals surface area (Å²) in [7, 11) is 0. The third-order valence-electron chi connectivity index (χ3n) is 4.04. The maximum absolute atomic E-state index is 11.3. The lowest BCUT2D eigenvalue weighted by Crippen LogP contribution is -2.43. The van der Waals surface area contributed by atoms with Crippen LogP contribution in [0.2, 0.25) is 0 Å². The first-order valence-corrected chi connectivity index (χ1v) is 7.89. The number of likely N-dealkylation sites (tertiary alicyclic amines) is 1. The van der Waals surface area contributed by atoms with Gasteiger partial charge in [-0.25, -0.2) is 0 Å². The Morgan fingerprint density at radius 1 is 1.40 bits per heavy atom. The fourth-order valence-electron chi connectivity index (χ4n) is 2.83. The molecule has 1 aliphatic heterocycles. The Morgan fingerprint density at radius 3 is 2.65 bits per heavy atom. The lowest BCUT2D eigenvalue weighted by atomic mass is 9.87. The zero-order chi connectivity index (χ0) is 14.8. The lowest BCUT2D eigenvalue weighted by Gasteiger charge is -2.36. The smallest absolute Gasteiger partial charge is 0.310 e. The Morgan fingerprint density at radius 2 is 2.05 bits per heavy atom. The second-order valence-corrected chi connectivity index (χ2v) is 7.23. The van der Waals surface area contributed by atoms with Crippen LogP contribution in [-0.4, -0.2) is 35.6 Å². The fraction of sp³-hybridized carbons (Fsp3) is 0.562. The van der Waals surface area contributed by atoms with Crippen molar-refractivity contribution in [1.82, 2.24) is 4.90 Å². The van der Waals surface area contributed by atoms with Crippen molar-refractivity contribution in [3.63, 3.8) is 0 Å². The number of carboxylic acid groups (broad SMARTS) is 1. The SMILES string of the molecule is CC(C)(CN1CCCC(c2ccc(Br)cc2)C1)C(=O)O. The summed E-state index contributed by atoms with van der Waals surface area (Å²) in [6.07, 6.45) is 2.32. The van der Waals surface area contributed by atoms with Crippen molar-refractivity contribution in [2.75, 3.05) is 19.6 Å². The molecule has 0 aromatic heterocycles. The molecule has 0 radical (unpaired) electrons. The van der Waals surface area contributed by atoms with Gasteiger partial charge in [-0.2, -0.15) is 0 Å². The molecule has 1 fully saturated rings. The first kappa shape index (κ1) is 15.5. The van der Waals surface area contributed by atoms with E-state index in [1.54, 1.807) is 13.8 Å². The van der Waals surface area contributed by atoms with Crippen LogP contribution < -0.4 is 0 Å². The van der Waals surface area contributed by atoms with Gasteiger partial charge in [0.05, 0.1) is 5.41 Å². The van der Waals surface area contributed by atoms with E-state index >= 15 is 0 Å². The van der Waals surface area contributed by atoms with Gasteiger partial charge >= 0.3 is 5.97 Å². The summed E-state index contributed by atoms with van der Waals surface area (Å²) >= 11 is 3.46. The minimum Gasteiger partial charge on any atom is -0.481 e. The molecule has 110 valence electrons. The predicted molar refractivity (Wildman–Crippen MR) is 84.0 cm³/mol. The Bertz CT molecular complexity index is 470. The van der Waals surface area contributed by atoms with Crippen molar-refractivity contribution >= 4 is 21.9 Å². The topological polar surface area (TPSA) is 40.5 Å². The highest BCUT2D eigenvalue weighted by atomic mass is 79.9. The van der Waals surface area contributed by atoms with Gasteiger partial charge in [0.25, 0.3) is 0 Å². The molecule has 3 nitrogen and oxygen atoms in total. The molecule has 4 heteroatoms. The van der Waals surface area contributed by atoms with Crippen LogP contribution in [-0.2, 0) is 4.79 Å². The molecule has 1 saturated heterocycles. The van der Waals surface area contributed by atoms with Crippen molar-refractivity contribution in [3.05, 3.63) is 34.3 Å². The number of rotatable bonds is 4. The highest BCUT2D eigenvalue weighted by molar-refractivity contribution is 9.10. The average Bonchev–Trinajstić information content (AvgIpc) is 2.39. The number of carboxylic acids is 1. The molecule has 1 N–H and O–H groups in total. The molecule has 2 rings (SSSR count). The van der Waals surface area contributed by atoms with Crippen LogP contribution in [0.5, 0.6) is 0 Å². The molecule has 0 aliphatic carbocycles. The van der Waals surface area contributed by atoms with E-state index in [-0.39, 0.29) is 0 Å². The van der Waals surface area contributed by atoms with Crippen molar-refractivity contribution in [2.24, 2.45) is 5.41 Å². The quantitative estimate of drug-likeness (QED) is 0.908. The summed E-state index contributed by atoms with van der Waals surface area (Å²) < 4.78 is 1.10. The van der Waals surface area contributed by atoms with E-state index in [0.717, 1.165) is 24.0 Å². The third kappa shape index (κ3) is 3.83. The molecule has 1 heterocycles. The van der Waals surface area contributed by atoms with Gasteiger partial charge in [-0.1, -0.05) is 28.1 Å². The van der Waals surface area contributed by atoms with E-state index in [1.807, 2.05) is 0 Å². The molecule has 0 saturated carbocycles. The largest absolute Gasteiger partial charge is 0.481 e. The monoisotopic (exact) mass is 339 g/mol. The maximum atomic E-state index is 11.3. The number of hydrogen-bond acceptors (Lipinski definition) is 2. The summed E-state index contributed by atoms with van der Waals surface area (Å²) in [5.74, 6) is -0.204. The second-order valence-electron chi connectivity index (χ2n) is 6.31. The Balaban J connectivity index is 2.02. The first-order valence-electron chi connectivity index (χ1n) is 7.10. The lowest BCUT2D eigenvalue weighted by molar-refractivity contribution is -0.148. The van der Waals surface area contributed by atoms with Gasteiger partial charge in [0.2, 0.25) is 0 Å². The number of nitrogens with zero attached hydrogens (tertiary/aromatic N) is 1. The van der Waals surface area contributed by atoms with Crippen molar-refractivity contribution < 1.29 is 9.90 Å². The summed E-state index contributed by atoms with van der Waals surface area (Å²) in [4.78, 5) is 13.5. The van der Waals surface area contributed by atoms with Crippen LogP contribution in [0.25, 0.3) is 0 Å². The molecule has 20 heavy (non-hydrogen) atoms. The Labute approximate surface area is 129 Å². The van der Waals surface area contributed by atoms with Crippen LogP contribution in [0, 0.1) is 5.41 Å². The molecule has 1 atom stereocenters. The number of aliphatic carboxylic acids is 1. The molecule has 0 amide bonds. The van der Waals surface area contributed by atoms with Gasteiger partial charge in [0, 0.05) is 17.6 Å². The second kappa shape index (κ2) is 6.27. The zero-order valence-corrected chi connectivity index (χ0v) is 13.7. The molecule has 1 unspecified atom stereocenters. The van der Waals surface area contributed by atoms with Crippen molar-refractivity contribution in [3.8, 4) is 0 Å². The Kier molecular flexibility index (Phi) is 4.86. The summed E-state index contributed by atoms with van der Waals surface area (Å²) in [5.41, 5.74) is 0.674. The molecule has 1 aromatic rings. The first-order chi connectivity index (χ1) is 9.38. The van der Waals surface area contributed by atoms with Gasteiger partial charge in [0.15, 0.2) is 0 Å². The summed E-state index contributed by atoms with van der Waals surface area (Å²) in [6.45, 7) is 6.19. The van der Waals surface area contributed by atoms with Gasteiger partial charge in [-0.05, 0) is 56.8 Å². The van der Waals surface area contributed by atoms with E-state index in [0.29, 0.717) is 12.5 Å². The van der Waals surface area contributed by atoms with E-state index in [2.05, 4.69) is 45.1 Å². The molecule has 0 spiro atoms. The molecular formula is C16H22BrNO2. The highest BCUT2D eigenvalue weighted by Crippen LogP contribution is 2.29. The van der Waals surface area contributed by atoms with Gasteiger partial charge < -0.3 is 10.0 Å². The summed E-state index contributed by atoms with van der Waals surface area (Å²) in [5, 5.41) is 9.25. The number of piperidine rings is 1. The van der Waals surface area contributed by atoms with Gasteiger partial charge in [-0.3, -0.25) is 4.79 Å². The fourth-order valence-corrected chi connectivity index (χ4v) is 3.10. The van der Waals surface area contributed by atoms with Gasteiger partial charge in [-0.15, -0.1) is 0 Å². The van der Waals surface area contributed by atoms with Crippen LogP contribution in [0.4, 0.5) is 0 Å². The van der Waals surface area contributed by atoms with Crippen LogP contribution in [0.15, 0.2) is 28.7 Å². The molecular weight excluding hydrogens is 318 g/mol. The van der Waals surface area contributed by atoms with Crippen molar-refractivity contribution in [1.29, 1.82) is 0 Å².